The van der Waals surface area contributed by atoms with Crippen LogP contribution in [0.5, 0.6) is 5.75 Å². The van der Waals surface area contributed by atoms with Crippen molar-refractivity contribution < 1.29 is 14.3 Å². The van der Waals surface area contributed by atoms with Gasteiger partial charge in [-0.2, -0.15) is 0 Å². The van der Waals surface area contributed by atoms with Crippen LogP contribution in [0.1, 0.15) is 24.1 Å². The Morgan fingerprint density at radius 3 is 2.72 bits per heavy atom. The van der Waals surface area contributed by atoms with Crippen LogP contribution in [0.2, 0.25) is 0 Å². The molecule has 0 spiro atoms. The number of hydrogen-bond acceptors (Lipinski definition) is 4. The second kappa shape index (κ2) is 6.38. The number of hydrogen-bond donors (Lipinski definition) is 1. The lowest BCUT2D eigenvalue weighted by molar-refractivity contribution is -0.143. The molecule has 18 heavy (non-hydrogen) atoms. The van der Waals surface area contributed by atoms with E-state index in [1.165, 1.54) is 18.2 Å². The molecule has 1 aliphatic rings. The predicted molar refractivity (Wildman–Crippen MR) is 79.5 cm³/mol. The smallest absolute Gasteiger partial charge is 0.323 e. The zero-order chi connectivity index (χ0) is 12.4. The average Bonchev–Trinajstić information content (AvgIpc) is 2.37. The van der Waals surface area contributed by atoms with Crippen molar-refractivity contribution in [3.63, 3.8) is 0 Å². The molecule has 0 aliphatic carbocycles. The number of halogens is 1. The molecule has 1 aliphatic heterocycles. The Bertz CT molecular complexity index is 436. The van der Waals surface area contributed by atoms with Crippen LogP contribution >= 0.6 is 24.0 Å². The molecule has 100 valence electrons. The van der Waals surface area contributed by atoms with Crippen molar-refractivity contribution in [2.24, 2.45) is 0 Å². The number of carbonyl (C=O) groups is 1. The lowest BCUT2D eigenvalue weighted by Crippen LogP contribution is -2.44. The van der Waals surface area contributed by atoms with E-state index in [1.54, 1.807) is 7.11 Å². The first-order valence-electron chi connectivity index (χ1n) is 5.66. The number of nitrogens with one attached hydrogen (secondary N) is 1. The molecule has 2 unspecified atom stereocenters. The number of fused-ring (bicyclic) bond motifs is 1. The third-order valence-corrected chi connectivity index (χ3v) is 3.18. The van der Waals surface area contributed by atoms with E-state index >= 15 is 0 Å². The van der Waals surface area contributed by atoms with Crippen molar-refractivity contribution in [2.45, 2.75) is 25.4 Å². The largest absolute Gasteiger partial charge is 0.497 e. The van der Waals surface area contributed by atoms with Gasteiger partial charge in [0.1, 0.15) is 11.8 Å². The Morgan fingerprint density at radius 2 is 2.11 bits per heavy atom. The second-order valence-corrected chi connectivity index (χ2v) is 4.23. The molecule has 0 fully saturated rings. The Balaban J connectivity index is 0.00000162. The van der Waals surface area contributed by atoms with E-state index in [2.05, 4.69) is 5.32 Å². The average molecular weight is 363 g/mol. The first kappa shape index (κ1) is 15.2. The van der Waals surface area contributed by atoms with Crippen molar-refractivity contribution >= 4 is 29.9 Å². The minimum absolute atomic E-state index is 0. The fourth-order valence-electron chi connectivity index (χ4n) is 2.25. The second-order valence-electron chi connectivity index (χ2n) is 4.23. The van der Waals surface area contributed by atoms with Gasteiger partial charge >= 0.3 is 5.97 Å². The summed E-state index contributed by atoms with van der Waals surface area (Å²) in [5.74, 6) is 0.632. The minimum atomic E-state index is -0.254. The van der Waals surface area contributed by atoms with Crippen LogP contribution in [-0.4, -0.2) is 26.2 Å². The summed E-state index contributed by atoms with van der Waals surface area (Å²) >= 11 is 0. The maximum atomic E-state index is 11.5. The molecular weight excluding hydrogens is 345 g/mol. The maximum absolute atomic E-state index is 11.5. The Hall–Kier alpha value is -0.820. The van der Waals surface area contributed by atoms with Crippen molar-refractivity contribution in [3.8, 4) is 5.75 Å². The van der Waals surface area contributed by atoms with Gasteiger partial charge in [-0.1, -0.05) is 6.07 Å². The summed E-state index contributed by atoms with van der Waals surface area (Å²) in [6.07, 6.45) is 0.663. The van der Waals surface area contributed by atoms with E-state index < -0.39 is 0 Å². The van der Waals surface area contributed by atoms with Gasteiger partial charge in [0.2, 0.25) is 0 Å². The van der Waals surface area contributed by atoms with Gasteiger partial charge in [-0.3, -0.25) is 10.1 Å². The minimum Gasteiger partial charge on any atom is -0.497 e. The number of ether oxygens (including phenoxy) is 2. The molecule has 0 aromatic heterocycles. The van der Waals surface area contributed by atoms with Crippen molar-refractivity contribution in [3.05, 3.63) is 29.3 Å². The van der Waals surface area contributed by atoms with Gasteiger partial charge in [0.25, 0.3) is 0 Å². The Labute approximate surface area is 124 Å². The van der Waals surface area contributed by atoms with Gasteiger partial charge < -0.3 is 9.47 Å². The van der Waals surface area contributed by atoms with E-state index in [9.17, 15) is 4.79 Å². The van der Waals surface area contributed by atoms with Crippen LogP contribution in [0, 0.1) is 0 Å². The summed E-state index contributed by atoms with van der Waals surface area (Å²) < 4.78 is 9.98. The van der Waals surface area contributed by atoms with E-state index in [0.29, 0.717) is 6.42 Å². The van der Waals surface area contributed by atoms with E-state index in [1.807, 2.05) is 25.1 Å². The molecule has 2 rings (SSSR count). The molecule has 0 amide bonds. The van der Waals surface area contributed by atoms with Crippen LogP contribution < -0.4 is 10.1 Å². The van der Waals surface area contributed by atoms with Crippen LogP contribution in [0.4, 0.5) is 0 Å². The van der Waals surface area contributed by atoms with E-state index in [0.717, 1.165) is 5.75 Å². The summed E-state index contributed by atoms with van der Waals surface area (Å²) in [5, 5.41) is 3.24. The fraction of sp³-hybridized carbons (Fsp3) is 0.462. The van der Waals surface area contributed by atoms with Gasteiger partial charge in [0.05, 0.1) is 14.2 Å². The third kappa shape index (κ3) is 2.95. The highest BCUT2D eigenvalue weighted by molar-refractivity contribution is 14.0. The van der Waals surface area contributed by atoms with E-state index in [4.69, 9.17) is 9.47 Å². The highest BCUT2D eigenvalue weighted by Gasteiger charge is 2.28. The van der Waals surface area contributed by atoms with Crippen LogP contribution in [0.3, 0.4) is 0 Å². The first-order valence-corrected chi connectivity index (χ1v) is 5.66. The van der Waals surface area contributed by atoms with Crippen molar-refractivity contribution in [2.75, 3.05) is 14.2 Å². The first-order chi connectivity index (χ1) is 8.15. The molecule has 1 heterocycles. The number of esters is 1. The van der Waals surface area contributed by atoms with Gasteiger partial charge in [0, 0.05) is 6.04 Å². The summed E-state index contributed by atoms with van der Waals surface area (Å²) in [5.41, 5.74) is 2.36. The summed E-state index contributed by atoms with van der Waals surface area (Å²) in [4.78, 5) is 11.5. The molecule has 0 saturated heterocycles. The molecule has 5 heteroatoms. The standard InChI is InChI=1S/C13H17NO3.HI/c1-8-11-7-10(16-2)5-4-9(11)6-12(14-8)13(15)17-3;/h4-5,7-8,12,14H,6H2,1-3H3;1H. The third-order valence-electron chi connectivity index (χ3n) is 3.18. The van der Waals surface area contributed by atoms with Crippen LogP contribution in [-0.2, 0) is 16.0 Å². The fourth-order valence-corrected chi connectivity index (χ4v) is 2.25. The Morgan fingerprint density at radius 1 is 1.39 bits per heavy atom. The number of benzene rings is 1. The lowest BCUT2D eigenvalue weighted by Gasteiger charge is -2.29. The lowest BCUT2D eigenvalue weighted by atomic mass is 9.91. The van der Waals surface area contributed by atoms with Gasteiger partial charge in [-0.05, 0) is 36.6 Å². The molecule has 1 N–H and O–H groups in total. The zero-order valence-corrected chi connectivity index (χ0v) is 13.1. The zero-order valence-electron chi connectivity index (χ0n) is 10.7. The summed E-state index contributed by atoms with van der Waals surface area (Å²) in [6.45, 7) is 2.04. The topological polar surface area (TPSA) is 47.6 Å². The highest BCUT2D eigenvalue weighted by atomic mass is 127. The molecule has 4 nitrogen and oxygen atoms in total. The van der Waals surface area contributed by atoms with Gasteiger partial charge in [0.15, 0.2) is 0 Å². The van der Waals surface area contributed by atoms with Gasteiger partial charge in [-0.25, -0.2) is 0 Å². The van der Waals surface area contributed by atoms with Crippen molar-refractivity contribution in [1.82, 2.24) is 5.32 Å². The SMILES string of the molecule is COC(=O)C1Cc2ccc(OC)cc2C(C)N1.I. The predicted octanol–water partition coefficient (Wildman–Crippen LogP) is 2.06. The number of carbonyl (C=O) groups excluding carboxylic acids is 1. The van der Waals surface area contributed by atoms with Gasteiger partial charge in [-0.15, -0.1) is 24.0 Å². The number of methoxy groups -OCH3 is 2. The molecule has 2 atom stereocenters. The van der Waals surface area contributed by atoms with Crippen LogP contribution in [0.15, 0.2) is 18.2 Å². The monoisotopic (exact) mass is 363 g/mol. The maximum Gasteiger partial charge on any atom is 0.323 e. The summed E-state index contributed by atoms with van der Waals surface area (Å²) in [6, 6.07) is 5.82. The highest BCUT2D eigenvalue weighted by Crippen LogP contribution is 2.28. The summed E-state index contributed by atoms with van der Waals surface area (Å²) in [7, 11) is 3.07. The quantitative estimate of drug-likeness (QED) is 0.646. The molecule has 0 saturated carbocycles. The normalized spacial score (nSPS) is 21.5. The molecular formula is C13H18INO3. The Kier molecular flexibility index (Phi) is 5.40. The molecule has 0 radical (unpaired) electrons. The molecule has 0 bridgehead atoms. The molecule has 1 aromatic carbocycles. The van der Waals surface area contributed by atoms with Crippen LogP contribution in [0.25, 0.3) is 0 Å². The van der Waals surface area contributed by atoms with E-state index in [-0.39, 0.29) is 42.0 Å². The van der Waals surface area contributed by atoms with Crippen molar-refractivity contribution in [1.29, 1.82) is 0 Å². The molecule has 1 aromatic rings. The number of rotatable bonds is 2.